The number of hydrogen-bond donors (Lipinski definition) is 3. The van der Waals surface area contributed by atoms with Gasteiger partial charge in [0.1, 0.15) is 11.6 Å². The lowest BCUT2D eigenvalue weighted by Gasteiger charge is -2.15. The molecule has 2 aliphatic rings. The van der Waals surface area contributed by atoms with Crippen LogP contribution in [0.4, 0.5) is 17.6 Å². The van der Waals surface area contributed by atoms with Crippen molar-refractivity contribution in [3.63, 3.8) is 0 Å². The molecule has 0 aromatic carbocycles. The van der Waals surface area contributed by atoms with E-state index in [2.05, 4.69) is 20.2 Å². The first-order chi connectivity index (χ1) is 8.70. The molecule has 1 aromatic rings. The zero-order valence-electron chi connectivity index (χ0n) is 10.5. The van der Waals surface area contributed by atoms with E-state index in [1.165, 1.54) is 32.4 Å². The highest BCUT2D eigenvalue weighted by molar-refractivity contribution is 5.48. The molecule has 1 saturated heterocycles. The Morgan fingerprint density at radius 2 is 2.11 bits per heavy atom. The van der Waals surface area contributed by atoms with E-state index in [-0.39, 0.29) is 5.95 Å². The Morgan fingerprint density at radius 1 is 1.28 bits per heavy atom. The zero-order valence-corrected chi connectivity index (χ0v) is 10.5. The molecular weight excluding hydrogens is 228 g/mol. The largest absolute Gasteiger partial charge is 0.383 e. The highest BCUT2D eigenvalue weighted by atomic mass is 15.2. The second-order valence-corrected chi connectivity index (χ2v) is 5.30. The highest BCUT2D eigenvalue weighted by Crippen LogP contribution is 2.31. The van der Waals surface area contributed by atoms with Gasteiger partial charge < -0.3 is 21.7 Å². The summed E-state index contributed by atoms with van der Waals surface area (Å²) in [6.45, 7) is 3.37. The smallest absolute Gasteiger partial charge is 0.223 e. The predicted octanol–water partition coefficient (Wildman–Crippen LogP) is 0.537. The molecule has 98 valence electrons. The molecule has 3 rings (SSSR count). The molecule has 5 N–H and O–H groups in total. The number of nitrogens with zero attached hydrogens (tertiary/aromatic N) is 3. The lowest BCUT2D eigenvalue weighted by molar-refractivity contribution is 0.316. The van der Waals surface area contributed by atoms with E-state index in [0.29, 0.717) is 11.7 Å². The van der Waals surface area contributed by atoms with Gasteiger partial charge in [-0.15, -0.1) is 0 Å². The van der Waals surface area contributed by atoms with Gasteiger partial charge in [-0.05, 0) is 31.7 Å². The molecule has 18 heavy (non-hydrogen) atoms. The molecule has 6 heteroatoms. The molecule has 6 nitrogen and oxygen atoms in total. The maximum Gasteiger partial charge on any atom is 0.223 e. The van der Waals surface area contributed by atoms with Gasteiger partial charge in [-0.3, -0.25) is 0 Å². The summed E-state index contributed by atoms with van der Waals surface area (Å²) in [5, 5.41) is 3.31. The number of hydrogen-bond acceptors (Lipinski definition) is 6. The van der Waals surface area contributed by atoms with E-state index in [0.717, 1.165) is 18.4 Å². The summed E-state index contributed by atoms with van der Waals surface area (Å²) in [6.07, 6.45) is 4.04. The Bertz CT molecular complexity index is 410. The molecular formula is C12H20N6. The number of nitrogens with two attached hydrogens (primary N) is 2. The van der Waals surface area contributed by atoms with Gasteiger partial charge in [-0.25, -0.2) is 0 Å². The van der Waals surface area contributed by atoms with Crippen LogP contribution in [0.15, 0.2) is 6.07 Å². The third-order valence-corrected chi connectivity index (χ3v) is 3.72. The fourth-order valence-corrected chi connectivity index (χ4v) is 2.63. The Hall–Kier alpha value is -1.56. The summed E-state index contributed by atoms with van der Waals surface area (Å²) in [6, 6.07) is 2.60. The lowest BCUT2D eigenvalue weighted by atomic mass is 10.1. The maximum atomic E-state index is 5.63. The van der Waals surface area contributed by atoms with Gasteiger partial charge in [0.05, 0.1) is 0 Å². The standard InChI is InChI=1S/C12H20N6/c13-10-5-11(17-12(14)16-10)15-6-8-3-4-18(7-8)9-1-2-9/h5,8-9H,1-4,6-7H2,(H5,13,14,15,16,17). The second kappa shape index (κ2) is 4.61. The third kappa shape index (κ3) is 2.64. The first-order valence-electron chi connectivity index (χ1n) is 6.58. The summed E-state index contributed by atoms with van der Waals surface area (Å²) < 4.78 is 0. The van der Waals surface area contributed by atoms with Crippen molar-refractivity contribution in [3.8, 4) is 0 Å². The number of rotatable bonds is 4. The van der Waals surface area contributed by atoms with E-state index in [1.54, 1.807) is 6.07 Å². The maximum absolute atomic E-state index is 5.63. The van der Waals surface area contributed by atoms with Crippen LogP contribution in [0.25, 0.3) is 0 Å². The van der Waals surface area contributed by atoms with Crippen LogP contribution >= 0.6 is 0 Å². The molecule has 0 amide bonds. The monoisotopic (exact) mass is 248 g/mol. The normalized spacial score (nSPS) is 24.3. The third-order valence-electron chi connectivity index (χ3n) is 3.72. The highest BCUT2D eigenvalue weighted by Gasteiger charge is 2.34. The van der Waals surface area contributed by atoms with Crippen LogP contribution in [0.2, 0.25) is 0 Å². The van der Waals surface area contributed by atoms with Gasteiger partial charge >= 0.3 is 0 Å². The summed E-state index contributed by atoms with van der Waals surface area (Å²) >= 11 is 0. The van der Waals surface area contributed by atoms with Gasteiger partial charge in [-0.1, -0.05) is 0 Å². The summed E-state index contributed by atoms with van der Waals surface area (Å²) in [7, 11) is 0. The molecule has 0 spiro atoms. The number of aromatic nitrogens is 2. The first-order valence-corrected chi connectivity index (χ1v) is 6.58. The predicted molar refractivity (Wildman–Crippen MR) is 72.0 cm³/mol. The molecule has 2 heterocycles. The molecule has 1 atom stereocenters. The minimum absolute atomic E-state index is 0.225. The number of nitrogens with one attached hydrogen (secondary N) is 1. The van der Waals surface area contributed by atoms with Crippen LogP contribution in [0.3, 0.4) is 0 Å². The molecule has 1 aliphatic carbocycles. The van der Waals surface area contributed by atoms with Gasteiger partial charge in [-0.2, -0.15) is 9.97 Å². The van der Waals surface area contributed by atoms with Crippen LogP contribution in [-0.4, -0.2) is 40.5 Å². The minimum atomic E-state index is 0.225. The van der Waals surface area contributed by atoms with Crippen molar-refractivity contribution in [3.05, 3.63) is 6.07 Å². The number of anilines is 3. The van der Waals surface area contributed by atoms with Crippen LogP contribution in [0.5, 0.6) is 0 Å². The minimum Gasteiger partial charge on any atom is -0.383 e. The van der Waals surface area contributed by atoms with Crippen LogP contribution in [0, 0.1) is 5.92 Å². The quantitative estimate of drug-likeness (QED) is 0.720. The number of nitrogen functional groups attached to an aromatic ring is 2. The molecule has 1 aliphatic heterocycles. The number of likely N-dealkylation sites (tertiary alicyclic amines) is 1. The van der Waals surface area contributed by atoms with E-state index in [4.69, 9.17) is 11.5 Å². The van der Waals surface area contributed by atoms with Crippen molar-refractivity contribution in [2.75, 3.05) is 36.4 Å². The van der Waals surface area contributed by atoms with Crippen molar-refractivity contribution >= 4 is 17.6 Å². The zero-order chi connectivity index (χ0) is 12.5. The fraction of sp³-hybridized carbons (Fsp3) is 0.667. The molecule has 2 fully saturated rings. The molecule has 0 bridgehead atoms. The topological polar surface area (TPSA) is 93.1 Å². The summed E-state index contributed by atoms with van der Waals surface area (Å²) in [4.78, 5) is 10.6. The van der Waals surface area contributed by atoms with Crippen molar-refractivity contribution in [1.29, 1.82) is 0 Å². The van der Waals surface area contributed by atoms with Crippen molar-refractivity contribution < 1.29 is 0 Å². The SMILES string of the molecule is Nc1cc(NCC2CCN(C3CC3)C2)nc(N)n1. The van der Waals surface area contributed by atoms with Gasteiger partial charge in [0.15, 0.2) is 0 Å². The average molecular weight is 248 g/mol. The fourth-order valence-electron chi connectivity index (χ4n) is 2.63. The van der Waals surface area contributed by atoms with Gasteiger partial charge in [0.25, 0.3) is 0 Å². The Balaban J connectivity index is 1.51. The average Bonchev–Trinajstić information content (AvgIpc) is 3.05. The van der Waals surface area contributed by atoms with Crippen molar-refractivity contribution in [1.82, 2.24) is 14.9 Å². The molecule has 1 aromatic heterocycles. The summed E-state index contributed by atoms with van der Waals surface area (Å²) in [5.74, 6) is 2.06. The van der Waals surface area contributed by atoms with E-state index >= 15 is 0 Å². The Kier molecular flexibility index (Phi) is 2.95. The lowest BCUT2D eigenvalue weighted by Crippen LogP contribution is -2.25. The van der Waals surface area contributed by atoms with E-state index < -0.39 is 0 Å². The van der Waals surface area contributed by atoms with Crippen LogP contribution in [0.1, 0.15) is 19.3 Å². The Labute approximate surface area is 107 Å². The van der Waals surface area contributed by atoms with Crippen LogP contribution < -0.4 is 16.8 Å². The first kappa shape index (κ1) is 11.5. The van der Waals surface area contributed by atoms with E-state index in [1.807, 2.05) is 0 Å². The molecule has 1 unspecified atom stereocenters. The van der Waals surface area contributed by atoms with Crippen molar-refractivity contribution in [2.24, 2.45) is 5.92 Å². The molecule has 1 saturated carbocycles. The summed E-state index contributed by atoms with van der Waals surface area (Å²) in [5.41, 5.74) is 11.2. The Morgan fingerprint density at radius 3 is 2.83 bits per heavy atom. The van der Waals surface area contributed by atoms with Crippen molar-refractivity contribution in [2.45, 2.75) is 25.3 Å². The van der Waals surface area contributed by atoms with Gasteiger partial charge in [0, 0.05) is 25.2 Å². The van der Waals surface area contributed by atoms with Gasteiger partial charge in [0.2, 0.25) is 5.95 Å². The second-order valence-electron chi connectivity index (χ2n) is 5.30. The van der Waals surface area contributed by atoms with Crippen LogP contribution in [-0.2, 0) is 0 Å². The molecule has 0 radical (unpaired) electrons. The van der Waals surface area contributed by atoms with E-state index in [9.17, 15) is 0 Å².